The first kappa shape index (κ1) is 53.3. The molecule has 8 aromatic rings. The lowest BCUT2D eigenvalue weighted by Gasteiger charge is -2.39. The number of piperidine rings is 2. The van der Waals surface area contributed by atoms with Crippen molar-refractivity contribution in [1.29, 1.82) is 10.5 Å². The van der Waals surface area contributed by atoms with Crippen molar-refractivity contribution in [3.63, 3.8) is 0 Å². The minimum Gasteiger partial charge on any atom is -0.423 e. The zero-order valence-electron chi connectivity index (χ0n) is 43.1. The maximum Gasteiger partial charge on any atom is 0.488 e. The van der Waals surface area contributed by atoms with Crippen molar-refractivity contribution < 1.29 is 10.0 Å². The Bertz CT molecular complexity index is 3250. The molecule has 0 aliphatic carbocycles. The van der Waals surface area contributed by atoms with Crippen molar-refractivity contribution in [1.82, 2.24) is 30.6 Å². The van der Waals surface area contributed by atoms with Crippen molar-refractivity contribution in [2.45, 2.75) is 79.6 Å². The summed E-state index contributed by atoms with van der Waals surface area (Å²) in [5.74, 6) is 1.17. The summed E-state index contributed by atoms with van der Waals surface area (Å²) in [6.07, 6.45) is 5.84. The minimum atomic E-state index is -1.39. The van der Waals surface area contributed by atoms with Gasteiger partial charge in [0.1, 0.15) is 12.1 Å². The molecule has 2 aliphatic rings. The molecular formula is C60H64BBrN10O2. The Morgan fingerprint density at radius 3 is 1.45 bits per heavy atom. The number of halogens is 1. The molecule has 12 nitrogen and oxygen atoms in total. The van der Waals surface area contributed by atoms with Gasteiger partial charge in [0.25, 0.3) is 0 Å². The largest absolute Gasteiger partial charge is 0.488 e. The van der Waals surface area contributed by atoms with Gasteiger partial charge in [-0.25, -0.2) is 0 Å². The molecule has 0 saturated carbocycles. The smallest absolute Gasteiger partial charge is 0.423 e. The SMILES string of the molecule is C[C@H]1C[C@@H](NCc2ccc(Br)cc2)CN(c2ccc(C#N)c3ncccc23)C1.Cc1cc(-c2ccc(CN[C@@H]3C[C@H](C)CN(c4ccc(C#N)c5ncccc45)C3)cc2)cc(C)n1.Cc1cc(B(O)O)cc(C)n1. The summed E-state index contributed by atoms with van der Waals surface area (Å²) in [5.41, 5.74) is 14.4. The van der Waals surface area contributed by atoms with Gasteiger partial charge in [-0.3, -0.25) is 19.9 Å². The third-order valence-corrected chi connectivity index (χ3v) is 14.1. The molecule has 0 amide bonds. The quantitative estimate of drug-likeness (QED) is 0.0958. The van der Waals surface area contributed by atoms with Crippen LogP contribution in [0, 0.1) is 62.2 Å². The van der Waals surface area contributed by atoms with Gasteiger partial charge >= 0.3 is 7.12 Å². The number of hydrogen-bond donors (Lipinski definition) is 4. The number of nitriles is 2. The predicted octanol–water partition coefficient (Wildman–Crippen LogP) is 10.0. The molecular weight excluding hydrogens is 983 g/mol. The zero-order chi connectivity index (χ0) is 52.3. The zero-order valence-corrected chi connectivity index (χ0v) is 44.7. The van der Waals surface area contributed by atoms with Crippen LogP contribution in [0.1, 0.15) is 71.7 Å². The van der Waals surface area contributed by atoms with E-state index in [-0.39, 0.29) is 0 Å². The summed E-state index contributed by atoms with van der Waals surface area (Å²) in [6.45, 7) is 18.0. The number of nitrogens with one attached hydrogen (secondary N) is 2. The van der Waals surface area contributed by atoms with E-state index in [0.717, 1.165) is 100 Å². The normalized spacial score (nSPS) is 17.3. The molecule has 2 fully saturated rings. The van der Waals surface area contributed by atoms with Crippen molar-refractivity contribution in [2.75, 3.05) is 36.0 Å². The Morgan fingerprint density at radius 1 is 0.581 bits per heavy atom. The Morgan fingerprint density at radius 2 is 1.01 bits per heavy atom. The van der Waals surface area contributed by atoms with Gasteiger partial charge in [-0.2, -0.15) is 10.5 Å². The van der Waals surface area contributed by atoms with Crippen molar-refractivity contribution in [3.05, 3.63) is 183 Å². The van der Waals surface area contributed by atoms with E-state index in [0.29, 0.717) is 40.5 Å². The van der Waals surface area contributed by atoms with E-state index in [1.165, 1.54) is 34.4 Å². The molecule has 74 heavy (non-hydrogen) atoms. The number of aryl methyl sites for hydroxylation is 4. The lowest BCUT2D eigenvalue weighted by molar-refractivity contribution is 0.350. The predicted molar refractivity (Wildman–Crippen MR) is 303 cm³/mol. The van der Waals surface area contributed by atoms with Gasteiger partial charge in [0, 0.05) is 113 Å². The van der Waals surface area contributed by atoms with Gasteiger partial charge < -0.3 is 30.5 Å². The van der Waals surface area contributed by atoms with E-state index in [4.69, 9.17) is 10.0 Å². The van der Waals surface area contributed by atoms with Crippen molar-refractivity contribution >= 4 is 61.7 Å². The monoisotopic (exact) mass is 1050 g/mol. The Labute approximate surface area is 444 Å². The van der Waals surface area contributed by atoms with Gasteiger partial charge in [0.2, 0.25) is 0 Å². The Hall–Kier alpha value is -7.04. The molecule has 0 bridgehead atoms. The number of fused-ring (bicyclic) bond motifs is 2. The molecule has 376 valence electrons. The fourth-order valence-electron chi connectivity index (χ4n) is 10.4. The topological polar surface area (TPSA) is 170 Å². The summed E-state index contributed by atoms with van der Waals surface area (Å²) in [5, 5.41) is 46.1. The third kappa shape index (κ3) is 13.8. The first-order chi connectivity index (χ1) is 35.7. The van der Waals surface area contributed by atoms with Crippen molar-refractivity contribution in [2.24, 2.45) is 11.8 Å². The molecule has 4 atom stereocenters. The number of pyridine rings is 4. The average Bonchev–Trinajstić information content (AvgIpc) is 3.39. The Kier molecular flexibility index (Phi) is 17.8. The van der Waals surface area contributed by atoms with Crippen LogP contribution in [-0.4, -0.2) is 75.4 Å². The molecule has 4 N–H and O–H groups in total. The van der Waals surface area contributed by atoms with E-state index in [1.54, 1.807) is 24.5 Å². The second kappa shape index (κ2) is 24.8. The van der Waals surface area contributed by atoms with E-state index < -0.39 is 7.12 Å². The number of aromatic nitrogens is 4. The standard InChI is InChI=1S/C30H31N5.C23H23BrN4.C7H10BNO2/c1-20-13-27(19-35(18-20)29-11-10-25(16-31)30-28(29)5-4-12-32-30)33-17-23-6-8-24(9-7-23)26-14-21(2)34-22(3)15-26;1-16-11-20(27-13-17-4-7-19(24)8-5-17)15-28(14-16)22-9-6-18(12-25)23-21(22)3-2-10-26-23;1-5-3-7(8(10)11)4-6(2)9-5/h4-12,14-15,20,27,33H,13,17-19H2,1-3H3;2-10,16,20,27H,11,13-15H2,1H3;3-4,10-11H,1-2H3/t20-,27+;16-,20+;/m00./s1. The summed E-state index contributed by atoms with van der Waals surface area (Å²) in [7, 11) is -1.39. The van der Waals surface area contributed by atoms with Gasteiger partial charge in [-0.1, -0.05) is 66.2 Å². The molecule has 10 rings (SSSR count). The molecule has 2 saturated heterocycles. The van der Waals surface area contributed by atoms with Crippen LogP contribution in [0.25, 0.3) is 32.9 Å². The van der Waals surface area contributed by atoms with E-state index >= 15 is 0 Å². The van der Waals surface area contributed by atoms with Gasteiger partial charge in [-0.05, 0) is 165 Å². The second-order valence-electron chi connectivity index (χ2n) is 20.0. The third-order valence-electron chi connectivity index (χ3n) is 13.6. The van der Waals surface area contributed by atoms with E-state index in [1.807, 2.05) is 52.0 Å². The van der Waals surface area contributed by atoms with Crippen LogP contribution in [0.5, 0.6) is 0 Å². The van der Waals surface area contributed by atoms with Crippen LogP contribution in [0.2, 0.25) is 0 Å². The first-order valence-electron chi connectivity index (χ1n) is 25.4. The highest BCUT2D eigenvalue weighted by atomic mass is 79.9. The number of nitrogens with zero attached hydrogens (tertiary/aromatic N) is 8. The highest BCUT2D eigenvalue weighted by Gasteiger charge is 2.28. The number of rotatable bonds is 10. The molecule has 4 aromatic carbocycles. The van der Waals surface area contributed by atoms with Crippen LogP contribution in [0.3, 0.4) is 0 Å². The maximum atomic E-state index is 9.49. The van der Waals surface area contributed by atoms with Crippen molar-refractivity contribution in [3.8, 4) is 23.3 Å². The molecule has 2 aliphatic heterocycles. The van der Waals surface area contributed by atoms with Crippen LogP contribution in [0.15, 0.2) is 138 Å². The highest BCUT2D eigenvalue weighted by Crippen LogP contribution is 2.33. The fraction of sp³-hybridized carbons (Fsp3) is 0.300. The number of hydrogen-bond acceptors (Lipinski definition) is 12. The molecule has 0 spiro atoms. The fourth-order valence-corrected chi connectivity index (χ4v) is 10.7. The van der Waals surface area contributed by atoms with Gasteiger partial charge in [-0.15, -0.1) is 0 Å². The summed E-state index contributed by atoms with van der Waals surface area (Å²) < 4.78 is 1.11. The molecule has 6 heterocycles. The van der Waals surface area contributed by atoms with Crippen LogP contribution in [0.4, 0.5) is 11.4 Å². The van der Waals surface area contributed by atoms with E-state index in [2.05, 4.69) is 167 Å². The first-order valence-corrected chi connectivity index (χ1v) is 26.2. The van der Waals surface area contributed by atoms with E-state index in [9.17, 15) is 10.5 Å². The summed E-state index contributed by atoms with van der Waals surface area (Å²) in [4.78, 5) is 22.4. The second-order valence-corrected chi connectivity index (χ2v) is 20.9. The summed E-state index contributed by atoms with van der Waals surface area (Å²) in [6, 6.07) is 46.3. The lowest BCUT2D eigenvalue weighted by atomic mass is 9.80. The maximum absolute atomic E-state index is 9.49. The lowest BCUT2D eigenvalue weighted by Crippen LogP contribution is -2.48. The number of anilines is 2. The van der Waals surface area contributed by atoms with Gasteiger partial charge in [0.05, 0.1) is 22.2 Å². The summed E-state index contributed by atoms with van der Waals surface area (Å²) >= 11 is 3.49. The highest BCUT2D eigenvalue weighted by molar-refractivity contribution is 9.10. The molecule has 0 unspecified atom stereocenters. The molecule has 4 aromatic heterocycles. The number of benzene rings is 4. The average molecular weight is 1050 g/mol. The van der Waals surface area contributed by atoms with Crippen LogP contribution < -0.4 is 25.9 Å². The van der Waals surface area contributed by atoms with Gasteiger partial charge in [0.15, 0.2) is 0 Å². The molecule has 0 radical (unpaired) electrons. The van der Waals surface area contributed by atoms with Crippen LogP contribution >= 0.6 is 15.9 Å². The Balaban J connectivity index is 0.000000166. The van der Waals surface area contributed by atoms with Crippen LogP contribution in [-0.2, 0) is 13.1 Å². The minimum absolute atomic E-state index is 0.395. The molecule has 14 heteroatoms.